The Hall–Kier alpha value is -5.21. The number of rotatable bonds is 19. The molecule has 4 aromatic rings. The third-order valence-electron chi connectivity index (χ3n) is 10.7. The molecule has 1 unspecified atom stereocenters. The third-order valence-corrected chi connectivity index (χ3v) is 12.4. The summed E-state index contributed by atoms with van der Waals surface area (Å²) in [5.41, 5.74) is 2.64. The van der Waals surface area contributed by atoms with E-state index in [2.05, 4.69) is 38.8 Å². The number of allylic oxidation sites excluding steroid dienone is 4. The second kappa shape index (κ2) is 20.2. The number of nitrogens with one attached hydrogen (secondary N) is 2. The van der Waals surface area contributed by atoms with Gasteiger partial charge in [0.15, 0.2) is 22.7 Å². The minimum absolute atomic E-state index is 0.0277. The number of amides is 2. The number of aliphatic imine (C=N–C) groups is 1. The van der Waals surface area contributed by atoms with E-state index in [1.165, 1.54) is 73.7 Å². The van der Waals surface area contributed by atoms with Crippen LogP contribution in [0.3, 0.4) is 0 Å². The topological polar surface area (TPSA) is 169 Å². The van der Waals surface area contributed by atoms with E-state index in [9.17, 15) is 22.8 Å². The van der Waals surface area contributed by atoms with E-state index in [1.807, 2.05) is 37.3 Å². The van der Waals surface area contributed by atoms with Crippen LogP contribution >= 0.6 is 11.6 Å². The van der Waals surface area contributed by atoms with Crippen LogP contribution in [0.5, 0.6) is 0 Å². The lowest BCUT2D eigenvalue weighted by atomic mass is 10.0. The first kappa shape index (κ1) is 43.4. The Morgan fingerprint density at radius 2 is 1.68 bits per heavy atom. The Morgan fingerprint density at radius 1 is 0.949 bits per heavy atom. The molecule has 0 fully saturated rings. The molecular formula is C44H53ClN8O5S. The van der Waals surface area contributed by atoms with Crippen LogP contribution in [-0.4, -0.2) is 58.6 Å². The van der Waals surface area contributed by atoms with Crippen LogP contribution in [0.1, 0.15) is 109 Å². The number of aryl methyl sites for hydroxylation is 1. The van der Waals surface area contributed by atoms with Crippen LogP contribution in [0.2, 0.25) is 5.02 Å². The van der Waals surface area contributed by atoms with E-state index < -0.39 is 27.4 Å². The van der Waals surface area contributed by atoms with Gasteiger partial charge in [-0.25, -0.2) is 33.1 Å². The minimum atomic E-state index is -4.25. The van der Waals surface area contributed by atoms with Crippen molar-refractivity contribution in [2.75, 3.05) is 23.3 Å². The Kier molecular flexibility index (Phi) is 14.8. The molecule has 6 rings (SSSR count). The zero-order valence-corrected chi connectivity index (χ0v) is 35.6. The normalized spacial score (nSPS) is 15.3. The molecule has 2 aromatic heterocycles. The van der Waals surface area contributed by atoms with Gasteiger partial charge in [0.05, 0.1) is 21.3 Å². The van der Waals surface area contributed by atoms with Crippen molar-refractivity contribution in [1.82, 2.24) is 24.2 Å². The van der Waals surface area contributed by atoms with Crippen LogP contribution in [0.4, 0.5) is 17.1 Å². The first-order valence-electron chi connectivity index (χ1n) is 20.8. The predicted octanol–water partition coefficient (Wildman–Crippen LogP) is 8.53. The lowest BCUT2D eigenvalue weighted by Crippen LogP contribution is -2.34. The van der Waals surface area contributed by atoms with Gasteiger partial charge in [-0.2, -0.15) is 0 Å². The molecule has 2 aromatic carbocycles. The molecule has 0 spiro atoms. The maximum absolute atomic E-state index is 14.5. The summed E-state index contributed by atoms with van der Waals surface area (Å²) in [4.78, 5) is 61.4. The van der Waals surface area contributed by atoms with Crippen molar-refractivity contribution >= 4 is 73.1 Å². The van der Waals surface area contributed by atoms with Gasteiger partial charge in [0.2, 0.25) is 5.91 Å². The average molecular weight is 841 g/mol. The van der Waals surface area contributed by atoms with Gasteiger partial charge in [-0.05, 0) is 74.2 Å². The van der Waals surface area contributed by atoms with E-state index in [1.54, 1.807) is 6.08 Å². The number of fused-ring (bicyclic) bond motifs is 2. The summed E-state index contributed by atoms with van der Waals surface area (Å²) in [5.74, 6) is -1.61. The summed E-state index contributed by atoms with van der Waals surface area (Å²) in [6, 6.07) is 9.51. The van der Waals surface area contributed by atoms with E-state index >= 15 is 0 Å². The van der Waals surface area contributed by atoms with Gasteiger partial charge in [0, 0.05) is 49.2 Å². The Morgan fingerprint density at radius 3 is 2.37 bits per heavy atom. The second-order valence-electron chi connectivity index (χ2n) is 15.1. The summed E-state index contributed by atoms with van der Waals surface area (Å²) in [5, 5.41) is 2.67. The van der Waals surface area contributed by atoms with Crippen LogP contribution in [0.15, 0.2) is 81.7 Å². The molecule has 2 N–H and O–H groups in total. The molecule has 0 saturated heterocycles. The molecule has 1 aliphatic heterocycles. The van der Waals surface area contributed by atoms with Crippen LogP contribution in [0, 0.1) is 5.92 Å². The van der Waals surface area contributed by atoms with E-state index in [0.717, 1.165) is 56.4 Å². The number of anilines is 2. The highest BCUT2D eigenvalue weighted by atomic mass is 35.5. The fraction of sp³-hybridized carbons (Fsp3) is 0.432. The maximum Gasteiger partial charge on any atom is 0.286 e. The number of benzene rings is 2. The number of sulfonamides is 1. The van der Waals surface area contributed by atoms with Gasteiger partial charge in [-0.3, -0.25) is 19.0 Å². The summed E-state index contributed by atoms with van der Waals surface area (Å²) in [6.07, 6.45) is 21.2. The fourth-order valence-electron chi connectivity index (χ4n) is 7.53. The maximum atomic E-state index is 14.5. The largest absolute Gasteiger partial charge is 0.372 e. The number of aromatic nitrogens is 4. The number of carbonyl (C=O) groups is 2. The van der Waals surface area contributed by atoms with E-state index in [4.69, 9.17) is 21.6 Å². The molecule has 0 bridgehead atoms. The van der Waals surface area contributed by atoms with E-state index in [-0.39, 0.29) is 50.6 Å². The SMILES string of the molecule is CCCCCCCCCCCCC(=O)NS(=O)(=O)c1ccc(NC(=O)/C(=N\c2ccc3c(c2)CCCN3CC)c2nc3nccnc3c(=O)n2C2=CC=CC2C)c(Cl)c1. The molecule has 0 saturated carbocycles. The Balaban J connectivity index is 1.24. The zero-order chi connectivity index (χ0) is 41.9. The van der Waals surface area contributed by atoms with Crippen molar-refractivity contribution in [3.63, 3.8) is 0 Å². The number of nitrogens with zero attached hydrogens (tertiary/aromatic N) is 6. The molecule has 1 atom stereocenters. The number of carbonyl (C=O) groups excluding carboxylic acids is 2. The van der Waals surface area contributed by atoms with Gasteiger partial charge in [0.1, 0.15) is 0 Å². The molecule has 59 heavy (non-hydrogen) atoms. The molecule has 0 radical (unpaired) electrons. The lowest BCUT2D eigenvalue weighted by Gasteiger charge is -2.30. The van der Waals surface area contributed by atoms with Gasteiger partial charge >= 0.3 is 0 Å². The third kappa shape index (κ3) is 10.7. The Bertz CT molecular complexity index is 2450. The molecule has 2 aliphatic rings. The number of halogens is 1. The zero-order valence-electron chi connectivity index (χ0n) is 34.0. The summed E-state index contributed by atoms with van der Waals surface area (Å²) in [7, 11) is -4.25. The quantitative estimate of drug-likeness (QED) is 0.0694. The molecule has 1 aliphatic carbocycles. The first-order valence-corrected chi connectivity index (χ1v) is 22.6. The summed E-state index contributed by atoms with van der Waals surface area (Å²) < 4.78 is 29.9. The van der Waals surface area contributed by atoms with Crippen molar-refractivity contribution in [2.24, 2.45) is 10.9 Å². The summed E-state index contributed by atoms with van der Waals surface area (Å²) >= 11 is 6.63. The minimum Gasteiger partial charge on any atom is -0.372 e. The molecular weight excluding hydrogens is 788 g/mol. The van der Waals surface area contributed by atoms with Crippen LogP contribution < -0.4 is 20.5 Å². The van der Waals surface area contributed by atoms with E-state index in [0.29, 0.717) is 17.8 Å². The van der Waals surface area contributed by atoms with Crippen molar-refractivity contribution in [1.29, 1.82) is 0 Å². The van der Waals surface area contributed by atoms with Gasteiger partial charge in [-0.15, -0.1) is 0 Å². The standard InChI is InChI=1S/C44H53ClN8O5S/c1-4-6-7-8-9-10-11-12-13-14-20-38(54)51-59(57,58)33-22-23-35(34(45)29-33)49-43(55)40(48-32-21-24-37-31(28-32)18-16-27-52(37)5-2)42-50-41-39(46-25-26-47-41)44(56)53(42)36-19-15-17-30(36)3/h15,17,19,21-26,28-30H,4-14,16,18,20,27H2,1-3H3,(H,49,55)(H,51,54)/b48-40-. The van der Waals surface area contributed by atoms with Gasteiger partial charge in [-0.1, -0.05) is 95.4 Å². The molecule has 15 heteroatoms. The molecule has 312 valence electrons. The monoisotopic (exact) mass is 840 g/mol. The van der Waals surface area contributed by atoms with Crippen LogP contribution in [0.25, 0.3) is 16.9 Å². The highest BCUT2D eigenvalue weighted by Gasteiger charge is 2.28. The average Bonchev–Trinajstić information content (AvgIpc) is 3.65. The highest BCUT2D eigenvalue weighted by molar-refractivity contribution is 7.90. The highest BCUT2D eigenvalue weighted by Crippen LogP contribution is 2.32. The second-order valence-corrected chi connectivity index (χ2v) is 17.2. The van der Waals surface area contributed by atoms with Crippen molar-refractivity contribution in [2.45, 2.75) is 109 Å². The Labute approximate surface area is 351 Å². The van der Waals surface area contributed by atoms with Crippen molar-refractivity contribution in [3.8, 4) is 0 Å². The molecule has 2 amide bonds. The molecule has 3 heterocycles. The van der Waals surface area contributed by atoms with Gasteiger partial charge in [0.25, 0.3) is 21.5 Å². The smallest absolute Gasteiger partial charge is 0.286 e. The summed E-state index contributed by atoms with van der Waals surface area (Å²) in [6.45, 7) is 8.03. The predicted molar refractivity (Wildman–Crippen MR) is 235 cm³/mol. The van der Waals surface area contributed by atoms with Crippen molar-refractivity contribution < 1.29 is 18.0 Å². The van der Waals surface area contributed by atoms with Gasteiger partial charge < -0.3 is 10.2 Å². The fourth-order valence-corrected chi connectivity index (χ4v) is 8.87. The number of unbranched alkanes of at least 4 members (excludes halogenated alkanes) is 9. The van der Waals surface area contributed by atoms with Crippen molar-refractivity contribution in [3.05, 3.63) is 93.8 Å². The first-order chi connectivity index (χ1) is 28.5. The molecule has 13 nitrogen and oxygen atoms in total. The number of hydrogen-bond acceptors (Lipinski definition) is 10. The number of hydrogen-bond donors (Lipinski definition) is 2. The van der Waals surface area contributed by atoms with Crippen LogP contribution in [-0.2, 0) is 26.0 Å². The lowest BCUT2D eigenvalue weighted by molar-refractivity contribution is -0.119.